The summed E-state index contributed by atoms with van der Waals surface area (Å²) in [5.41, 5.74) is 6.56. The normalized spacial score (nSPS) is 14.2. The summed E-state index contributed by atoms with van der Waals surface area (Å²) in [7, 11) is 1.65. The molecular weight excluding hydrogens is 504 g/mol. The number of pyridine rings is 1. The Morgan fingerprint density at radius 2 is 1.93 bits per heavy atom. The minimum atomic E-state index is -0.226. The van der Waals surface area contributed by atoms with E-state index in [4.69, 9.17) is 9.47 Å². The molecule has 5 rings (SSSR count). The maximum absolute atomic E-state index is 13.6. The van der Waals surface area contributed by atoms with Crippen molar-refractivity contribution >= 4 is 11.6 Å². The first-order valence-corrected chi connectivity index (χ1v) is 13.5. The largest absolute Gasteiger partial charge is 0.494 e. The van der Waals surface area contributed by atoms with E-state index in [1.54, 1.807) is 24.2 Å². The Kier molecular flexibility index (Phi) is 7.95. The number of anilines is 1. The molecule has 208 valence electrons. The molecule has 0 spiro atoms. The topological polar surface area (TPSA) is 94.4 Å². The molecule has 9 heteroatoms. The van der Waals surface area contributed by atoms with Crippen molar-refractivity contribution in [1.29, 1.82) is 0 Å². The van der Waals surface area contributed by atoms with Gasteiger partial charge in [-0.25, -0.2) is 4.68 Å². The second-order valence-electron chi connectivity index (χ2n) is 11.1. The van der Waals surface area contributed by atoms with Crippen molar-refractivity contribution in [2.24, 2.45) is 0 Å². The Labute approximate surface area is 235 Å². The number of carbonyl (C=O) groups excluding carboxylic acids is 1. The maximum Gasteiger partial charge on any atom is 0.255 e. The molecule has 2 aromatic heterocycles. The van der Waals surface area contributed by atoms with Crippen LogP contribution in [0.2, 0.25) is 0 Å². The van der Waals surface area contributed by atoms with Crippen molar-refractivity contribution in [3.63, 3.8) is 0 Å². The van der Waals surface area contributed by atoms with Gasteiger partial charge in [-0.05, 0) is 53.8 Å². The Morgan fingerprint density at radius 1 is 1.12 bits per heavy atom. The van der Waals surface area contributed by atoms with Gasteiger partial charge < -0.3 is 14.8 Å². The molecule has 1 amide bonds. The molecule has 0 radical (unpaired) electrons. The molecule has 0 aliphatic carbocycles. The molecular formula is C31H36N6O3. The number of hydrogen-bond acceptors (Lipinski definition) is 7. The fourth-order valence-electron chi connectivity index (χ4n) is 4.79. The lowest BCUT2D eigenvalue weighted by Gasteiger charge is -2.29. The number of ether oxygens (including phenoxy) is 2. The van der Waals surface area contributed by atoms with Crippen LogP contribution in [0.3, 0.4) is 0 Å². The summed E-state index contributed by atoms with van der Waals surface area (Å²) >= 11 is 0. The van der Waals surface area contributed by atoms with E-state index >= 15 is 0 Å². The van der Waals surface area contributed by atoms with E-state index in [1.807, 2.05) is 49.5 Å². The molecule has 0 bridgehead atoms. The van der Waals surface area contributed by atoms with E-state index in [0.29, 0.717) is 22.7 Å². The lowest BCUT2D eigenvalue weighted by atomic mass is 9.85. The van der Waals surface area contributed by atoms with Crippen LogP contribution in [0, 0.1) is 6.92 Å². The van der Waals surface area contributed by atoms with E-state index in [0.717, 1.165) is 60.8 Å². The van der Waals surface area contributed by atoms with Crippen LogP contribution < -0.4 is 10.1 Å². The van der Waals surface area contributed by atoms with Gasteiger partial charge in [-0.1, -0.05) is 38.1 Å². The van der Waals surface area contributed by atoms with Crippen molar-refractivity contribution in [2.45, 2.75) is 39.7 Å². The molecule has 9 nitrogen and oxygen atoms in total. The Bertz CT molecular complexity index is 1490. The molecule has 40 heavy (non-hydrogen) atoms. The van der Waals surface area contributed by atoms with E-state index in [2.05, 4.69) is 52.4 Å². The van der Waals surface area contributed by atoms with Gasteiger partial charge in [0.2, 0.25) is 0 Å². The Balaban J connectivity index is 1.45. The highest BCUT2D eigenvalue weighted by Crippen LogP contribution is 2.36. The average Bonchev–Trinajstić information content (AvgIpc) is 3.44. The van der Waals surface area contributed by atoms with Crippen molar-refractivity contribution < 1.29 is 14.3 Å². The number of morpholine rings is 1. The third-order valence-electron chi connectivity index (χ3n) is 7.15. The second kappa shape index (κ2) is 11.6. The molecule has 0 unspecified atom stereocenters. The molecule has 1 fully saturated rings. The fourth-order valence-corrected chi connectivity index (χ4v) is 4.79. The highest BCUT2D eigenvalue weighted by Gasteiger charge is 2.23. The standard InChI is InChI=1S/C31H36N6O3/c1-21-8-9-22(16-28(21)37-20-27(34-35-37)23-7-6-10-32-18-23)30(38)33-26-17-25(31(2,3)4)15-24(29(26)39-5)19-36-11-13-40-14-12-36/h6-10,15-18,20H,11-14,19H2,1-5H3,(H,33,38). The van der Waals surface area contributed by atoms with Crippen molar-refractivity contribution in [2.75, 3.05) is 38.7 Å². The number of rotatable bonds is 7. The van der Waals surface area contributed by atoms with Crippen LogP contribution in [0.4, 0.5) is 5.69 Å². The fraction of sp³-hybridized carbons (Fsp3) is 0.355. The third kappa shape index (κ3) is 6.05. The van der Waals surface area contributed by atoms with Crippen LogP contribution in [0.25, 0.3) is 16.9 Å². The number of carbonyl (C=O) groups is 1. The van der Waals surface area contributed by atoms with E-state index in [9.17, 15) is 4.79 Å². The zero-order valence-electron chi connectivity index (χ0n) is 23.8. The minimum absolute atomic E-state index is 0.110. The number of benzene rings is 2. The zero-order chi connectivity index (χ0) is 28.3. The lowest BCUT2D eigenvalue weighted by molar-refractivity contribution is 0.0339. The number of methoxy groups -OCH3 is 1. The first kappa shape index (κ1) is 27.5. The summed E-state index contributed by atoms with van der Waals surface area (Å²) in [5.74, 6) is 0.452. The lowest BCUT2D eigenvalue weighted by Crippen LogP contribution is -2.35. The quantitative estimate of drug-likeness (QED) is 0.351. The first-order valence-electron chi connectivity index (χ1n) is 13.5. The first-order chi connectivity index (χ1) is 19.2. The van der Waals surface area contributed by atoms with E-state index in [-0.39, 0.29) is 11.3 Å². The highest BCUT2D eigenvalue weighted by molar-refractivity contribution is 6.05. The summed E-state index contributed by atoms with van der Waals surface area (Å²) in [6.45, 7) is 12.4. The summed E-state index contributed by atoms with van der Waals surface area (Å²) < 4.78 is 13.1. The molecule has 3 heterocycles. The molecule has 1 aliphatic heterocycles. The van der Waals surface area contributed by atoms with Crippen LogP contribution in [0.1, 0.15) is 47.8 Å². The molecule has 0 atom stereocenters. The molecule has 1 N–H and O–H groups in total. The van der Waals surface area contributed by atoms with Crippen LogP contribution in [0.15, 0.2) is 61.1 Å². The van der Waals surface area contributed by atoms with E-state index in [1.165, 1.54) is 0 Å². The van der Waals surface area contributed by atoms with Gasteiger partial charge >= 0.3 is 0 Å². The maximum atomic E-state index is 13.6. The van der Waals surface area contributed by atoms with Gasteiger partial charge in [-0.15, -0.1) is 5.10 Å². The van der Waals surface area contributed by atoms with Crippen molar-refractivity contribution in [1.82, 2.24) is 24.9 Å². The summed E-state index contributed by atoms with van der Waals surface area (Å²) in [6.07, 6.45) is 5.31. The van der Waals surface area contributed by atoms with Crippen LogP contribution >= 0.6 is 0 Å². The van der Waals surface area contributed by atoms with Gasteiger partial charge in [0.25, 0.3) is 5.91 Å². The number of nitrogens with zero attached hydrogens (tertiary/aromatic N) is 5. The number of nitrogens with one attached hydrogen (secondary N) is 1. The average molecular weight is 541 g/mol. The SMILES string of the molecule is COc1c(CN2CCOCC2)cc(C(C)(C)C)cc1NC(=O)c1ccc(C)c(-n2cc(-c3cccnc3)nn2)c1. The zero-order valence-corrected chi connectivity index (χ0v) is 23.8. The highest BCUT2D eigenvalue weighted by atomic mass is 16.5. The number of hydrogen-bond donors (Lipinski definition) is 1. The van der Waals surface area contributed by atoms with Gasteiger partial charge in [0.05, 0.1) is 37.9 Å². The molecule has 1 aliphatic rings. The van der Waals surface area contributed by atoms with Crippen LogP contribution in [0.5, 0.6) is 5.75 Å². The third-order valence-corrected chi connectivity index (χ3v) is 7.15. The van der Waals surface area contributed by atoms with Crippen LogP contribution in [-0.2, 0) is 16.7 Å². The second-order valence-corrected chi connectivity index (χ2v) is 11.1. The predicted octanol–water partition coefficient (Wildman–Crippen LogP) is 5.03. The van der Waals surface area contributed by atoms with Gasteiger partial charge in [-0.3, -0.25) is 14.7 Å². The Morgan fingerprint density at radius 3 is 2.62 bits per heavy atom. The van der Waals surface area contributed by atoms with Gasteiger partial charge in [0, 0.05) is 48.7 Å². The van der Waals surface area contributed by atoms with E-state index < -0.39 is 0 Å². The molecule has 0 saturated carbocycles. The monoisotopic (exact) mass is 540 g/mol. The van der Waals surface area contributed by atoms with Gasteiger partial charge in [0.1, 0.15) is 11.4 Å². The summed E-state index contributed by atoms with van der Waals surface area (Å²) in [5, 5.41) is 11.8. The van der Waals surface area contributed by atoms with Gasteiger partial charge in [-0.2, -0.15) is 0 Å². The predicted molar refractivity (Wildman–Crippen MR) is 155 cm³/mol. The number of aryl methyl sites for hydroxylation is 1. The number of aromatic nitrogens is 4. The molecule has 1 saturated heterocycles. The van der Waals surface area contributed by atoms with Crippen molar-refractivity contribution in [3.05, 3.63) is 83.3 Å². The Hall–Kier alpha value is -4.08. The number of amides is 1. The summed E-state index contributed by atoms with van der Waals surface area (Å²) in [4.78, 5) is 20.1. The summed E-state index contributed by atoms with van der Waals surface area (Å²) in [6, 6.07) is 13.6. The van der Waals surface area contributed by atoms with Gasteiger partial charge in [0.15, 0.2) is 0 Å². The smallest absolute Gasteiger partial charge is 0.255 e. The molecule has 4 aromatic rings. The van der Waals surface area contributed by atoms with Crippen molar-refractivity contribution in [3.8, 4) is 22.7 Å². The molecule has 2 aromatic carbocycles. The van der Waals surface area contributed by atoms with Crippen LogP contribution in [-0.4, -0.2) is 64.2 Å². The minimum Gasteiger partial charge on any atom is -0.494 e.